The SMILES string of the molecule is COC(=O)c1ccc(Cl)c(Nc2nccc(NCC(C)C)n2)c1. The third-order valence-electron chi connectivity index (χ3n) is 2.98. The van der Waals surface area contributed by atoms with Gasteiger partial charge in [0.25, 0.3) is 0 Å². The number of ether oxygens (including phenoxy) is 1. The van der Waals surface area contributed by atoms with E-state index in [-0.39, 0.29) is 0 Å². The van der Waals surface area contributed by atoms with Gasteiger partial charge in [0.15, 0.2) is 0 Å². The number of hydrogen-bond acceptors (Lipinski definition) is 6. The Kier molecular flexibility index (Phi) is 5.76. The normalized spacial score (nSPS) is 10.5. The molecule has 1 aromatic carbocycles. The van der Waals surface area contributed by atoms with Crippen LogP contribution in [0.25, 0.3) is 0 Å². The second kappa shape index (κ2) is 7.78. The molecule has 0 fully saturated rings. The first-order chi connectivity index (χ1) is 11.0. The van der Waals surface area contributed by atoms with Crippen LogP contribution >= 0.6 is 11.6 Å². The van der Waals surface area contributed by atoms with Crippen LogP contribution in [0, 0.1) is 5.92 Å². The number of esters is 1. The van der Waals surface area contributed by atoms with E-state index in [4.69, 9.17) is 16.3 Å². The summed E-state index contributed by atoms with van der Waals surface area (Å²) in [6.07, 6.45) is 1.65. The average Bonchev–Trinajstić information content (AvgIpc) is 2.54. The van der Waals surface area contributed by atoms with E-state index in [1.165, 1.54) is 7.11 Å². The number of rotatable bonds is 6. The zero-order valence-electron chi connectivity index (χ0n) is 13.3. The molecule has 122 valence electrons. The first-order valence-corrected chi connectivity index (χ1v) is 7.59. The van der Waals surface area contributed by atoms with E-state index in [9.17, 15) is 4.79 Å². The maximum atomic E-state index is 11.6. The predicted molar refractivity (Wildman–Crippen MR) is 91.4 cm³/mol. The zero-order valence-corrected chi connectivity index (χ0v) is 14.0. The Morgan fingerprint density at radius 2 is 2.13 bits per heavy atom. The van der Waals surface area contributed by atoms with Crippen molar-refractivity contribution in [3.63, 3.8) is 0 Å². The summed E-state index contributed by atoms with van der Waals surface area (Å²) in [5, 5.41) is 6.70. The Labute approximate surface area is 140 Å². The second-order valence-electron chi connectivity index (χ2n) is 5.35. The van der Waals surface area contributed by atoms with Crippen molar-refractivity contribution in [3.05, 3.63) is 41.0 Å². The molecule has 0 saturated heterocycles. The fraction of sp³-hybridized carbons (Fsp3) is 0.312. The van der Waals surface area contributed by atoms with E-state index in [0.29, 0.717) is 28.1 Å². The van der Waals surface area contributed by atoms with Gasteiger partial charge >= 0.3 is 5.97 Å². The molecule has 1 heterocycles. The van der Waals surface area contributed by atoms with Gasteiger partial charge in [-0.1, -0.05) is 25.4 Å². The molecule has 0 bridgehead atoms. The zero-order chi connectivity index (χ0) is 16.8. The summed E-state index contributed by atoms with van der Waals surface area (Å²) in [4.78, 5) is 20.1. The number of hydrogen-bond donors (Lipinski definition) is 2. The minimum Gasteiger partial charge on any atom is -0.465 e. The molecule has 0 aliphatic carbocycles. The highest BCUT2D eigenvalue weighted by Gasteiger charge is 2.10. The van der Waals surface area contributed by atoms with Gasteiger partial charge in [0.2, 0.25) is 5.95 Å². The molecule has 0 saturated carbocycles. The van der Waals surface area contributed by atoms with Crippen LogP contribution in [0.5, 0.6) is 0 Å². The van der Waals surface area contributed by atoms with Crippen molar-refractivity contribution in [1.29, 1.82) is 0 Å². The van der Waals surface area contributed by atoms with Crippen LogP contribution in [-0.2, 0) is 4.74 Å². The third kappa shape index (κ3) is 4.82. The number of anilines is 3. The molecule has 0 aliphatic heterocycles. The Morgan fingerprint density at radius 1 is 1.35 bits per heavy atom. The second-order valence-corrected chi connectivity index (χ2v) is 5.76. The van der Waals surface area contributed by atoms with Crippen molar-refractivity contribution in [2.75, 3.05) is 24.3 Å². The summed E-state index contributed by atoms with van der Waals surface area (Å²) in [5.41, 5.74) is 0.934. The van der Waals surface area contributed by atoms with Crippen molar-refractivity contribution >= 4 is 35.0 Å². The Hall–Kier alpha value is -2.34. The smallest absolute Gasteiger partial charge is 0.337 e. The largest absolute Gasteiger partial charge is 0.465 e. The van der Waals surface area contributed by atoms with Gasteiger partial charge in [0, 0.05) is 12.7 Å². The van der Waals surface area contributed by atoms with E-state index >= 15 is 0 Å². The van der Waals surface area contributed by atoms with Gasteiger partial charge in [-0.3, -0.25) is 0 Å². The van der Waals surface area contributed by atoms with Gasteiger partial charge in [-0.25, -0.2) is 9.78 Å². The van der Waals surface area contributed by atoms with Gasteiger partial charge in [-0.15, -0.1) is 0 Å². The number of nitrogens with zero attached hydrogens (tertiary/aromatic N) is 2. The quantitative estimate of drug-likeness (QED) is 0.784. The summed E-state index contributed by atoms with van der Waals surface area (Å²) in [5.74, 6) is 1.18. The highest BCUT2D eigenvalue weighted by molar-refractivity contribution is 6.33. The summed E-state index contributed by atoms with van der Waals surface area (Å²) in [6.45, 7) is 5.05. The molecule has 6 nitrogen and oxygen atoms in total. The van der Waals surface area contributed by atoms with Crippen LogP contribution in [-0.4, -0.2) is 29.6 Å². The fourth-order valence-corrected chi connectivity index (χ4v) is 1.98. The number of carbonyl (C=O) groups excluding carboxylic acids is 1. The van der Waals surface area contributed by atoms with E-state index in [1.807, 2.05) is 0 Å². The predicted octanol–water partition coefficient (Wildman–Crippen LogP) is 3.73. The Bertz CT molecular complexity index is 692. The minimum absolute atomic E-state index is 0.391. The number of aromatic nitrogens is 2. The van der Waals surface area contributed by atoms with Crippen LogP contribution in [0.15, 0.2) is 30.5 Å². The van der Waals surface area contributed by atoms with Crippen LogP contribution < -0.4 is 10.6 Å². The van der Waals surface area contributed by atoms with Crippen molar-refractivity contribution in [1.82, 2.24) is 9.97 Å². The van der Waals surface area contributed by atoms with Crippen LogP contribution in [0.3, 0.4) is 0 Å². The van der Waals surface area contributed by atoms with Crippen molar-refractivity contribution < 1.29 is 9.53 Å². The van der Waals surface area contributed by atoms with Crippen LogP contribution in [0.4, 0.5) is 17.5 Å². The van der Waals surface area contributed by atoms with Gasteiger partial charge in [-0.2, -0.15) is 4.98 Å². The van der Waals surface area contributed by atoms with Crippen molar-refractivity contribution in [2.24, 2.45) is 5.92 Å². The molecule has 7 heteroatoms. The Balaban J connectivity index is 2.18. The number of methoxy groups -OCH3 is 1. The van der Waals surface area contributed by atoms with E-state index in [2.05, 4.69) is 34.4 Å². The molecule has 2 N–H and O–H groups in total. The lowest BCUT2D eigenvalue weighted by Gasteiger charge is -2.11. The maximum Gasteiger partial charge on any atom is 0.337 e. The minimum atomic E-state index is -0.432. The van der Waals surface area contributed by atoms with E-state index in [0.717, 1.165) is 12.4 Å². The molecule has 1 aromatic heterocycles. The summed E-state index contributed by atoms with van der Waals surface area (Å²) in [6, 6.07) is 6.61. The summed E-state index contributed by atoms with van der Waals surface area (Å²) < 4.78 is 4.70. The standard InChI is InChI=1S/C16H19ClN4O2/c1-10(2)9-19-14-6-7-18-16(21-14)20-13-8-11(15(22)23-3)4-5-12(13)17/h4-8,10H,9H2,1-3H3,(H2,18,19,20,21). The molecule has 0 spiro atoms. The van der Waals surface area contributed by atoms with Gasteiger partial charge in [-0.05, 0) is 30.2 Å². The highest BCUT2D eigenvalue weighted by Crippen LogP contribution is 2.26. The van der Waals surface area contributed by atoms with Crippen LogP contribution in [0.2, 0.25) is 5.02 Å². The van der Waals surface area contributed by atoms with Crippen molar-refractivity contribution in [2.45, 2.75) is 13.8 Å². The monoisotopic (exact) mass is 334 g/mol. The molecule has 23 heavy (non-hydrogen) atoms. The average molecular weight is 335 g/mol. The lowest BCUT2D eigenvalue weighted by atomic mass is 10.2. The molecule has 2 rings (SSSR count). The molecule has 2 aromatic rings. The lowest BCUT2D eigenvalue weighted by molar-refractivity contribution is 0.0601. The molecular weight excluding hydrogens is 316 g/mol. The summed E-state index contributed by atoms with van der Waals surface area (Å²) in [7, 11) is 1.33. The third-order valence-corrected chi connectivity index (χ3v) is 3.31. The molecular formula is C16H19ClN4O2. The maximum absolute atomic E-state index is 11.6. The number of benzene rings is 1. The van der Waals surface area contributed by atoms with E-state index < -0.39 is 5.97 Å². The van der Waals surface area contributed by atoms with Gasteiger partial charge in [0.1, 0.15) is 5.82 Å². The first kappa shape index (κ1) is 17.0. The van der Waals surface area contributed by atoms with Crippen molar-refractivity contribution in [3.8, 4) is 0 Å². The van der Waals surface area contributed by atoms with Crippen LogP contribution in [0.1, 0.15) is 24.2 Å². The Morgan fingerprint density at radius 3 is 2.83 bits per heavy atom. The number of carbonyl (C=O) groups is 1. The highest BCUT2D eigenvalue weighted by atomic mass is 35.5. The van der Waals surface area contributed by atoms with Gasteiger partial charge in [0.05, 0.1) is 23.4 Å². The number of halogens is 1. The van der Waals surface area contributed by atoms with Gasteiger partial charge < -0.3 is 15.4 Å². The fourth-order valence-electron chi connectivity index (χ4n) is 1.81. The topological polar surface area (TPSA) is 76.1 Å². The number of nitrogens with one attached hydrogen (secondary N) is 2. The van der Waals surface area contributed by atoms with E-state index in [1.54, 1.807) is 30.5 Å². The molecule has 0 unspecified atom stereocenters. The molecule has 0 radical (unpaired) electrons. The summed E-state index contributed by atoms with van der Waals surface area (Å²) >= 11 is 6.15. The molecule has 0 atom stereocenters. The first-order valence-electron chi connectivity index (χ1n) is 7.21. The molecule has 0 aliphatic rings. The molecule has 0 amide bonds. The lowest BCUT2D eigenvalue weighted by Crippen LogP contribution is -2.10.